The van der Waals surface area contributed by atoms with Crippen molar-refractivity contribution in [3.8, 4) is 16.8 Å². The number of para-hydroxylation sites is 1. The lowest BCUT2D eigenvalue weighted by molar-refractivity contribution is 1.18. The highest BCUT2D eigenvalue weighted by atomic mass is 79.9. The predicted octanol–water partition coefficient (Wildman–Crippen LogP) is 11.5. The normalized spacial score (nSPS) is 11.9. The fourth-order valence-electron chi connectivity index (χ4n) is 5.78. The van der Waals surface area contributed by atoms with Crippen molar-refractivity contribution in [2.45, 2.75) is 0 Å². The molecule has 2 heterocycles. The van der Waals surface area contributed by atoms with Gasteiger partial charge in [-0.05, 0) is 77.2 Å². The molecule has 2 aromatic heterocycles. The van der Waals surface area contributed by atoms with E-state index < -0.39 is 0 Å². The molecule has 0 fully saturated rings. The molecular weight excluding hydrogens is 614 g/mol. The number of nitrogens with zero attached hydrogens (tertiary/aromatic N) is 1. The van der Waals surface area contributed by atoms with Gasteiger partial charge in [0.05, 0.1) is 11.0 Å². The van der Waals surface area contributed by atoms with Crippen LogP contribution in [0.2, 0.25) is 0 Å². The molecule has 0 aliphatic heterocycles. The first-order chi connectivity index (χ1) is 18.6. The van der Waals surface area contributed by atoms with Gasteiger partial charge in [-0.2, -0.15) is 0 Å². The van der Waals surface area contributed by atoms with Crippen molar-refractivity contribution in [1.29, 1.82) is 0 Å². The summed E-state index contributed by atoms with van der Waals surface area (Å²) in [5, 5.41) is 7.80. The number of thiophene rings is 1. The Hall–Kier alpha value is -3.44. The molecular formula is C34H19Br2NS. The summed E-state index contributed by atoms with van der Waals surface area (Å²) < 4.78 is 7.22. The fourth-order valence-corrected chi connectivity index (χ4v) is 8.30. The Labute approximate surface area is 240 Å². The molecule has 38 heavy (non-hydrogen) atoms. The van der Waals surface area contributed by atoms with E-state index in [-0.39, 0.29) is 0 Å². The summed E-state index contributed by atoms with van der Waals surface area (Å²) in [6.45, 7) is 0. The lowest BCUT2D eigenvalue weighted by Gasteiger charge is -2.09. The minimum absolute atomic E-state index is 1.06. The average molecular weight is 633 g/mol. The van der Waals surface area contributed by atoms with Crippen LogP contribution in [0, 0.1) is 0 Å². The van der Waals surface area contributed by atoms with Crippen LogP contribution in [0.15, 0.2) is 124 Å². The highest BCUT2D eigenvalue weighted by Gasteiger charge is 2.16. The van der Waals surface area contributed by atoms with Crippen LogP contribution in [-0.4, -0.2) is 4.57 Å². The van der Waals surface area contributed by atoms with E-state index in [1.807, 2.05) is 11.3 Å². The number of hydrogen-bond acceptors (Lipinski definition) is 1. The molecule has 0 radical (unpaired) electrons. The molecule has 0 spiro atoms. The van der Waals surface area contributed by atoms with Gasteiger partial charge in [0, 0.05) is 51.0 Å². The van der Waals surface area contributed by atoms with Crippen LogP contribution in [-0.2, 0) is 0 Å². The minimum Gasteiger partial charge on any atom is -0.309 e. The fraction of sp³-hybridized carbons (Fsp3) is 0. The Morgan fingerprint density at radius 1 is 0.500 bits per heavy atom. The molecule has 4 heteroatoms. The van der Waals surface area contributed by atoms with Gasteiger partial charge in [-0.1, -0.05) is 86.5 Å². The smallest absolute Gasteiger partial charge is 0.0547 e. The van der Waals surface area contributed by atoms with Crippen molar-refractivity contribution >= 4 is 95.9 Å². The molecule has 0 N–H and O–H groups in total. The van der Waals surface area contributed by atoms with Crippen molar-refractivity contribution in [2.24, 2.45) is 0 Å². The molecule has 0 saturated heterocycles. The summed E-state index contributed by atoms with van der Waals surface area (Å²) in [5.74, 6) is 0. The van der Waals surface area contributed by atoms with E-state index >= 15 is 0 Å². The Bertz CT molecular complexity index is 2190. The number of rotatable bonds is 2. The van der Waals surface area contributed by atoms with E-state index in [0.717, 1.165) is 8.95 Å². The number of hydrogen-bond donors (Lipinski definition) is 0. The monoisotopic (exact) mass is 631 g/mol. The van der Waals surface area contributed by atoms with Crippen molar-refractivity contribution in [1.82, 2.24) is 4.57 Å². The number of fused-ring (bicyclic) bond motifs is 8. The molecule has 180 valence electrons. The SMILES string of the molecule is Brc1cc(Br)cc(-c2ccc3c(c2)c2cc4c(ccc5c6ccccc6sc45)cc2n3-c2ccccc2)c1. The van der Waals surface area contributed by atoms with Crippen molar-refractivity contribution in [3.63, 3.8) is 0 Å². The standard InChI is InChI=1S/C34H19Br2NS/c35-23-14-22(15-24(36)18-23)20-11-13-31-29(16-20)30-19-28-21(17-32(30)37(31)25-6-2-1-3-7-25)10-12-27-26-8-4-5-9-33(26)38-34(27)28/h1-19H. The van der Waals surface area contributed by atoms with Gasteiger partial charge in [-0.3, -0.25) is 0 Å². The lowest BCUT2D eigenvalue weighted by Crippen LogP contribution is -1.93. The second-order valence-electron chi connectivity index (χ2n) is 9.69. The molecule has 6 aromatic carbocycles. The highest BCUT2D eigenvalue weighted by Crippen LogP contribution is 2.42. The third-order valence-electron chi connectivity index (χ3n) is 7.45. The van der Waals surface area contributed by atoms with Gasteiger partial charge in [-0.15, -0.1) is 11.3 Å². The zero-order valence-electron chi connectivity index (χ0n) is 20.1. The Kier molecular flexibility index (Phi) is 5.06. The van der Waals surface area contributed by atoms with E-state index in [0.29, 0.717) is 0 Å². The van der Waals surface area contributed by atoms with Crippen LogP contribution in [0.5, 0.6) is 0 Å². The van der Waals surface area contributed by atoms with E-state index in [1.54, 1.807) is 0 Å². The Morgan fingerprint density at radius 2 is 1.26 bits per heavy atom. The number of aromatic nitrogens is 1. The van der Waals surface area contributed by atoms with Crippen LogP contribution in [0.25, 0.3) is 69.6 Å². The zero-order chi connectivity index (χ0) is 25.4. The summed E-state index contributed by atoms with van der Waals surface area (Å²) >= 11 is 9.23. The molecule has 0 bridgehead atoms. The zero-order valence-corrected chi connectivity index (χ0v) is 24.1. The van der Waals surface area contributed by atoms with Crippen LogP contribution in [0.1, 0.15) is 0 Å². The molecule has 1 nitrogen and oxygen atoms in total. The third-order valence-corrected chi connectivity index (χ3v) is 9.59. The molecule has 0 unspecified atom stereocenters. The van der Waals surface area contributed by atoms with E-state index in [1.165, 1.54) is 69.6 Å². The lowest BCUT2D eigenvalue weighted by atomic mass is 10.0. The third kappa shape index (κ3) is 3.41. The molecule has 0 aliphatic carbocycles. The second-order valence-corrected chi connectivity index (χ2v) is 12.6. The van der Waals surface area contributed by atoms with Gasteiger partial charge >= 0.3 is 0 Å². The maximum absolute atomic E-state index is 3.67. The number of halogens is 2. The van der Waals surface area contributed by atoms with Crippen LogP contribution < -0.4 is 0 Å². The summed E-state index contributed by atoms with van der Waals surface area (Å²) in [7, 11) is 0. The minimum atomic E-state index is 1.06. The second kappa shape index (κ2) is 8.54. The van der Waals surface area contributed by atoms with Crippen LogP contribution >= 0.6 is 43.2 Å². The van der Waals surface area contributed by atoms with Gasteiger partial charge in [0.15, 0.2) is 0 Å². The molecule has 0 amide bonds. The number of benzene rings is 6. The molecule has 0 aliphatic rings. The van der Waals surface area contributed by atoms with E-state index in [4.69, 9.17) is 0 Å². The van der Waals surface area contributed by atoms with Gasteiger partial charge in [-0.25, -0.2) is 0 Å². The molecule has 8 aromatic rings. The first-order valence-corrected chi connectivity index (χ1v) is 14.9. The largest absolute Gasteiger partial charge is 0.309 e. The molecule has 0 saturated carbocycles. The first-order valence-electron chi connectivity index (χ1n) is 12.5. The summed E-state index contributed by atoms with van der Waals surface area (Å²) in [4.78, 5) is 0. The van der Waals surface area contributed by atoms with Crippen molar-refractivity contribution in [3.05, 3.63) is 124 Å². The first kappa shape index (κ1) is 22.5. The van der Waals surface area contributed by atoms with Gasteiger partial charge < -0.3 is 4.57 Å². The molecule has 0 atom stereocenters. The van der Waals surface area contributed by atoms with Crippen LogP contribution in [0.3, 0.4) is 0 Å². The highest BCUT2D eigenvalue weighted by molar-refractivity contribution is 9.11. The maximum atomic E-state index is 3.67. The summed E-state index contributed by atoms with van der Waals surface area (Å²) in [6.07, 6.45) is 0. The van der Waals surface area contributed by atoms with Crippen molar-refractivity contribution in [2.75, 3.05) is 0 Å². The van der Waals surface area contributed by atoms with Gasteiger partial charge in [0.2, 0.25) is 0 Å². The van der Waals surface area contributed by atoms with Crippen LogP contribution in [0.4, 0.5) is 0 Å². The summed E-state index contributed by atoms with van der Waals surface area (Å²) in [5.41, 5.74) is 6.00. The maximum Gasteiger partial charge on any atom is 0.0547 e. The molecule has 8 rings (SSSR count). The van der Waals surface area contributed by atoms with E-state index in [2.05, 4.69) is 152 Å². The average Bonchev–Trinajstić information content (AvgIpc) is 3.47. The van der Waals surface area contributed by atoms with E-state index in [9.17, 15) is 0 Å². The van der Waals surface area contributed by atoms with Crippen molar-refractivity contribution < 1.29 is 0 Å². The Balaban J connectivity index is 1.51. The van der Waals surface area contributed by atoms with Gasteiger partial charge in [0.25, 0.3) is 0 Å². The predicted molar refractivity (Wildman–Crippen MR) is 172 cm³/mol. The van der Waals surface area contributed by atoms with Gasteiger partial charge in [0.1, 0.15) is 0 Å². The quantitative estimate of drug-likeness (QED) is 0.179. The topological polar surface area (TPSA) is 4.93 Å². The summed E-state index contributed by atoms with van der Waals surface area (Å²) in [6, 6.07) is 42.1. The Morgan fingerprint density at radius 3 is 2.11 bits per heavy atom.